The van der Waals surface area contributed by atoms with Crippen LogP contribution in [-0.4, -0.2) is 70.0 Å². The van der Waals surface area contributed by atoms with Crippen LogP contribution in [0.5, 0.6) is 17.2 Å². The van der Waals surface area contributed by atoms with Crippen LogP contribution in [0.2, 0.25) is 0 Å². The predicted molar refractivity (Wildman–Crippen MR) is 191 cm³/mol. The second-order valence-corrected chi connectivity index (χ2v) is 12.1. The average Bonchev–Trinajstić information content (AvgIpc) is 3.47. The first-order chi connectivity index (χ1) is 24.2. The number of hydrogen-bond donors (Lipinski definition) is 2. The fourth-order valence-corrected chi connectivity index (χ4v) is 6.23. The van der Waals surface area contributed by atoms with Crippen LogP contribution in [0.25, 0.3) is 11.1 Å². The summed E-state index contributed by atoms with van der Waals surface area (Å²) in [6, 6.07) is 29.5. The molecule has 4 aromatic rings. The first kappa shape index (κ1) is 35.7. The molecule has 1 aliphatic rings. The Morgan fingerprint density at radius 2 is 1.48 bits per heavy atom. The number of nitrogens with zero attached hydrogens (tertiary/aromatic N) is 2. The molecular formula is C39H44N4O7. The number of anilines is 1. The van der Waals surface area contributed by atoms with Crippen molar-refractivity contribution in [1.82, 2.24) is 10.4 Å². The number of hydrazine groups is 1. The number of methoxy groups -OCH3 is 2. The van der Waals surface area contributed by atoms with Gasteiger partial charge in [0, 0.05) is 25.6 Å². The zero-order valence-electron chi connectivity index (χ0n) is 28.8. The van der Waals surface area contributed by atoms with Crippen LogP contribution < -0.4 is 30.3 Å². The Labute approximate surface area is 292 Å². The Hall–Kier alpha value is -5.55. The third-order valence-electron chi connectivity index (χ3n) is 8.89. The van der Waals surface area contributed by atoms with Crippen LogP contribution in [0, 0.1) is 5.92 Å². The van der Waals surface area contributed by atoms with E-state index in [-0.39, 0.29) is 38.0 Å². The minimum atomic E-state index is -0.956. The van der Waals surface area contributed by atoms with Crippen molar-refractivity contribution < 1.29 is 33.3 Å². The molecule has 262 valence electrons. The van der Waals surface area contributed by atoms with Crippen LogP contribution in [0.4, 0.5) is 10.5 Å². The molecule has 0 spiro atoms. The van der Waals surface area contributed by atoms with Crippen LogP contribution in [0.1, 0.15) is 36.8 Å². The smallest absolute Gasteiger partial charge is 0.414 e. The lowest BCUT2D eigenvalue weighted by Gasteiger charge is -2.30. The molecule has 11 heteroatoms. The molecule has 0 radical (unpaired) electrons. The van der Waals surface area contributed by atoms with Gasteiger partial charge in [-0.15, -0.1) is 0 Å². The number of carbonyl (C=O) groups excluding carboxylic acids is 3. The van der Waals surface area contributed by atoms with Crippen molar-refractivity contribution in [2.24, 2.45) is 11.7 Å². The molecule has 0 bridgehead atoms. The Balaban J connectivity index is 1.28. The second-order valence-electron chi connectivity index (χ2n) is 12.1. The van der Waals surface area contributed by atoms with Gasteiger partial charge in [0.2, 0.25) is 0 Å². The van der Waals surface area contributed by atoms with E-state index in [0.717, 1.165) is 27.3 Å². The normalized spacial score (nSPS) is 12.9. The lowest BCUT2D eigenvalue weighted by molar-refractivity contribution is -0.141. The maximum absolute atomic E-state index is 14.1. The van der Waals surface area contributed by atoms with Crippen molar-refractivity contribution in [2.75, 3.05) is 45.9 Å². The van der Waals surface area contributed by atoms with E-state index in [9.17, 15) is 14.4 Å². The molecule has 0 saturated heterocycles. The van der Waals surface area contributed by atoms with E-state index in [1.165, 1.54) is 19.1 Å². The van der Waals surface area contributed by atoms with E-state index in [2.05, 4.69) is 29.7 Å². The summed E-state index contributed by atoms with van der Waals surface area (Å²) in [6.07, 6.45) is 0.284. The molecule has 1 unspecified atom stereocenters. The summed E-state index contributed by atoms with van der Waals surface area (Å²) >= 11 is 0. The van der Waals surface area contributed by atoms with Gasteiger partial charge in [0.15, 0.2) is 6.61 Å². The van der Waals surface area contributed by atoms with Crippen molar-refractivity contribution in [2.45, 2.75) is 31.7 Å². The number of nitrogens with two attached hydrogens (primary N) is 1. The molecule has 0 fully saturated rings. The Bertz CT molecular complexity index is 1740. The Morgan fingerprint density at radius 1 is 0.840 bits per heavy atom. The predicted octanol–water partition coefficient (Wildman–Crippen LogP) is 5.77. The number of ether oxygens (including phenoxy) is 4. The van der Waals surface area contributed by atoms with Gasteiger partial charge in [-0.3, -0.25) is 24.9 Å². The van der Waals surface area contributed by atoms with Gasteiger partial charge in [-0.05, 0) is 58.9 Å². The Kier molecular flexibility index (Phi) is 11.9. The Morgan fingerprint density at radius 3 is 2.10 bits per heavy atom. The van der Waals surface area contributed by atoms with Gasteiger partial charge in [0.05, 0.1) is 25.9 Å². The summed E-state index contributed by atoms with van der Waals surface area (Å²) < 4.78 is 22.6. The van der Waals surface area contributed by atoms with E-state index in [1.807, 2.05) is 37.3 Å². The van der Waals surface area contributed by atoms with Crippen LogP contribution in [0.3, 0.4) is 0 Å². The van der Waals surface area contributed by atoms with Gasteiger partial charge in [-0.25, -0.2) is 4.79 Å². The summed E-state index contributed by atoms with van der Waals surface area (Å²) in [7, 11) is 4.52. The first-order valence-corrected chi connectivity index (χ1v) is 16.6. The number of benzene rings is 4. The van der Waals surface area contributed by atoms with E-state index >= 15 is 0 Å². The van der Waals surface area contributed by atoms with Crippen molar-refractivity contribution >= 4 is 23.6 Å². The van der Waals surface area contributed by atoms with Gasteiger partial charge >= 0.3 is 6.09 Å². The lowest BCUT2D eigenvalue weighted by atomic mass is 9.96. The van der Waals surface area contributed by atoms with Gasteiger partial charge < -0.3 is 24.7 Å². The summed E-state index contributed by atoms with van der Waals surface area (Å²) in [5.74, 6) is 0.205. The SMILES string of the molecule is CCC(C[C@H](N)C(=O)N(C)NC(=O)COc1ccccc1)CN(C(=O)OCC1c2ccccc2-c2ccccc21)c1ccc(OC)cc1OC. The van der Waals surface area contributed by atoms with Crippen molar-refractivity contribution in [3.05, 3.63) is 108 Å². The highest BCUT2D eigenvalue weighted by molar-refractivity contribution is 5.90. The topological polar surface area (TPSA) is 133 Å². The molecule has 4 aromatic carbocycles. The van der Waals surface area contributed by atoms with E-state index in [0.29, 0.717) is 29.4 Å². The summed E-state index contributed by atoms with van der Waals surface area (Å²) in [6.45, 7) is 2.02. The highest BCUT2D eigenvalue weighted by Gasteiger charge is 2.32. The molecule has 3 N–H and O–H groups in total. The number of likely N-dealkylation sites (N-methyl/N-ethyl adjacent to an activating group) is 1. The fourth-order valence-electron chi connectivity index (χ4n) is 6.23. The number of amides is 3. The largest absolute Gasteiger partial charge is 0.497 e. The molecule has 50 heavy (non-hydrogen) atoms. The van der Waals surface area contributed by atoms with Gasteiger partial charge in [0.25, 0.3) is 11.8 Å². The van der Waals surface area contributed by atoms with Gasteiger partial charge in [-0.2, -0.15) is 0 Å². The molecule has 2 atom stereocenters. The van der Waals surface area contributed by atoms with Crippen molar-refractivity contribution in [1.29, 1.82) is 0 Å². The number of carbonyl (C=O) groups is 3. The first-order valence-electron chi connectivity index (χ1n) is 16.6. The maximum atomic E-state index is 14.1. The molecule has 0 aliphatic heterocycles. The molecule has 3 amide bonds. The molecule has 0 aromatic heterocycles. The number of para-hydroxylation sites is 1. The molecule has 1 aliphatic carbocycles. The summed E-state index contributed by atoms with van der Waals surface area (Å²) in [5.41, 5.74) is 13.9. The second kappa shape index (κ2) is 16.7. The van der Waals surface area contributed by atoms with Crippen LogP contribution in [-0.2, 0) is 14.3 Å². The molecule has 11 nitrogen and oxygen atoms in total. The van der Waals surface area contributed by atoms with Gasteiger partial charge in [-0.1, -0.05) is 80.1 Å². The van der Waals surface area contributed by atoms with Crippen molar-refractivity contribution in [3.8, 4) is 28.4 Å². The summed E-state index contributed by atoms with van der Waals surface area (Å²) in [4.78, 5) is 41.3. The molecule has 0 saturated carbocycles. The number of hydrogen-bond acceptors (Lipinski definition) is 8. The van der Waals surface area contributed by atoms with Crippen molar-refractivity contribution in [3.63, 3.8) is 0 Å². The van der Waals surface area contributed by atoms with Crippen LogP contribution in [0.15, 0.2) is 97.1 Å². The average molecular weight is 681 g/mol. The lowest BCUT2D eigenvalue weighted by Crippen LogP contribution is -2.52. The summed E-state index contributed by atoms with van der Waals surface area (Å²) in [5, 5.41) is 1.07. The molecule has 5 rings (SSSR count). The maximum Gasteiger partial charge on any atom is 0.414 e. The van der Waals surface area contributed by atoms with Crippen LogP contribution >= 0.6 is 0 Å². The molecule has 0 heterocycles. The van der Waals surface area contributed by atoms with E-state index in [4.69, 9.17) is 24.7 Å². The number of rotatable bonds is 14. The zero-order chi connectivity index (χ0) is 35.6. The third-order valence-corrected chi connectivity index (χ3v) is 8.89. The van der Waals surface area contributed by atoms with E-state index < -0.39 is 23.9 Å². The van der Waals surface area contributed by atoms with Gasteiger partial charge in [0.1, 0.15) is 23.9 Å². The number of fused-ring (bicyclic) bond motifs is 3. The number of nitrogens with one attached hydrogen (secondary N) is 1. The molecular weight excluding hydrogens is 636 g/mol. The third kappa shape index (κ3) is 8.35. The highest BCUT2D eigenvalue weighted by Crippen LogP contribution is 2.44. The minimum absolute atomic E-state index is 0.122. The van der Waals surface area contributed by atoms with E-state index in [1.54, 1.807) is 49.6 Å². The minimum Gasteiger partial charge on any atom is -0.497 e. The fraction of sp³-hybridized carbons (Fsp3) is 0.308. The highest BCUT2D eigenvalue weighted by atomic mass is 16.6. The zero-order valence-corrected chi connectivity index (χ0v) is 28.8. The monoisotopic (exact) mass is 680 g/mol. The standard InChI is InChI=1S/C39H44N4O7/c1-5-26(21-34(40)38(45)42(2)41-37(44)25-49-27-13-7-6-8-14-27)23-43(35-20-19-28(47-3)22-36(35)48-4)39(46)50-24-33-31-17-11-9-15-29(31)30-16-10-12-18-32(30)33/h6-20,22,26,33-34H,5,21,23-25,40H2,1-4H3,(H,41,44)/t26?,34-/m0/s1. The quantitative estimate of drug-likeness (QED) is 0.161.